The average molecular weight is 276 g/mol. The molecule has 0 aliphatic heterocycles. The summed E-state index contributed by atoms with van der Waals surface area (Å²) in [4.78, 5) is 11.7. The van der Waals surface area contributed by atoms with Gasteiger partial charge in [-0.05, 0) is 18.4 Å². The fourth-order valence-electron chi connectivity index (χ4n) is 2.72. The number of nitrogens with one attached hydrogen (secondary N) is 1. The summed E-state index contributed by atoms with van der Waals surface area (Å²) >= 11 is 0. The van der Waals surface area contributed by atoms with E-state index in [4.69, 9.17) is 10.5 Å². The molecule has 0 heterocycles. The zero-order chi connectivity index (χ0) is 14.2. The van der Waals surface area contributed by atoms with Crippen LogP contribution in [0.25, 0.3) is 0 Å². The monoisotopic (exact) mass is 276 g/mol. The van der Waals surface area contributed by atoms with E-state index in [9.17, 15) is 4.79 Å². The van der Waals surface area contributed by atoms with E-state index in [1.165, 1.54) is 25.7 Å². The Balaban J connectivity index is 1.66. The molecule has 1 fully saturated rings. The number of para-hydroxylation sites is 1. The lowest BCUT2D eigenvalue weighted by Crippen LogP contribution is -2.30. The fourth-order valence-corrected chi connectivity index (χ4v) is 2.72. The van der Waals surface area contributed by atoms with Crippen LogP contribution in [0, 0.1) is 5.92 Å². The summed E-state index contributed by atoms with van der Waals surface area (Å²) in [5.41, 5.74) is 6.55. The Morgan fingerprint density at radius 3 is 2.80 bits per heavy atom. The number of carbonyl (C=O) groups is 1. The van der Waals surface area contributed by atoms with E-state index in [-0.39, 0.29) is 12.5 Å². The molecular formula is C16H24N2O2. The van der Waals surface area contributed by atoms with E-state index in [1.54, 1.807) is 0 Å². The number of ether oxygens (including phenoxy) is 1. The van der Waals surface area contributed by atoms with Crippen LogP contribution in [0.2, 0.25) is 0 Å². The van der Waals surface area contributed by atoms with Gasteiger partial charge in [0.1, 0.15) is 5.75 Å². The standard InChI is InChI=1S/C16H24N2O2/c17-11-14-7-3-4-8-15(14)20-12-16(19)18-10-9-13-5-1-2-6-13/h3-4,7-8,13H,1-2,5-6,9-12,17H2,(H,18,19). The molecule has 1 saturated carbocycles. The van der Waals surface area contributed by atoms with E-state index in [0.717, 1.165) is 24.4 Å². The minimum atomic E-state index is -0.0604. The zero-order valence-corrected chi connectivity index (χ0v) is 11.9. The van der Waals surface area contributed by atoms with Crippen LogP contribution in [-0.4, -0.2) is 19.1 Å². The number of amides is 1. The molecular weight excluding hydrogens is 252 g/mol. The molecule has 110 valence electrons. The predicted molar refractivity (Wildman–Crippen MR) is 79.4 cm³/mol. The maximum Gasteiger partial charge on any atom is 0.257 e. The first-order valence-electron chi connectivity index (χ1n) is 7.47. The van der Waals surface area contributed by atoms with Crippen molar-refractivity contribution in [1.82, 2.24) is 5.32 Å². The maximum atomic E-state index is 11.7. The van der Waals surface area contributed by atoms with Gasteiger partial charge in [-0.15, -0.1) is 0 Å². The van der Waals surface area contributed by atoms with E-state index in [0.29, 0.717) is 12.3 Å². The third kappa shape index (κ3) is 4.53. The van der Waals surface area contributed by atoms with Crippen LogP contribution in [0.3, 0.4) is 0 Å². The normalized spacial score (nSPS) is 15.2. The topological polar surface area (TPSA) is 64.3 Å². The fraction of sp³-hybridized carbons (Fsp3) is 0.562. The molecule has 1 amide bonds. The lowest BCUT2D eigenvalue weighted by atomic mass is 10.0. The summed E-state index contributed by atoms with van der Waals surface area (Å²) in [6.45, 7) is 1.23. The van der Waals surface area contributed by atoms with Crippen molar-refractivity contribution in [1.29, 1.82) is 0 Å². The number of hydrogen-bond acceptors (Lipinski definition) is 3. The Morgan fingerprint density at radius 1 is 1.30 bits per heavy atom. The van der Waals surface area contributed by atoms with Crippen molar-refractivity contribution in [2.24, 2.45) is 11.7 Å². The van der Waals surface area contributed by atoms with Crippen molar-refractivity contribution in [3.05, 3.63) is 29.8 Å². The highest BCUT2D eigenvalue weighted by Gasteiger charge is 2.14. The first-order chi connectivity index (χ1) is 9.79. The SMILES string of the molecule is NCc1ccccc1OCC(=O)NCCC1CCCC1. The quantitative estimate of drug-likeness (QED) is 0.802. The molecule has 20 heavy (non-hydrogen) atoms. The Kier molecular flexibility index (Phi) is 5.87. The van der Waals surface area contributed by atoms with Gasteiger partial charge in [-0.1, -0.05) is 43.9 Å². The maximum absolute atomic E-state index is 11.7. The number of rotatable bonds is 7. The summed E-state index contributed by atoms with van der Waals surface area (Å²) in [6, 6.07) is 7.55. The van der Waals surface area contributed by atoms with Crippen LogP contribution in [0.1, 0.15) is 37.7 Å². The Bertz CT molecular complexity index is 428. The smallest absolute Gasteiger partial charge is 0.257 e. The van der Waals surface area contributed by atoms with Crippen molar-refractivity contribution in [2.75, 3.05) is 13.2 Å². The number of benzene rings is 1. The van der Waals surface area contributed by atoms with Gasteiger partial charge in [0.15, 0.2) is 6.61 Å². The van der Waals surface area contributed by atoms with Gasteiger partial charge < -0.3 is 15.8 Å². The third-order valence-electron chi connectivity index (χ3n) is 3.90. The molecule has 3 N–H and O–H groups in total. The van der Waals surface area contributed by atoms with Crippen LogP contribution < -0.4 is 15.8 Å². The first kappa shape index (κ1) is 14.9. The van der Waals surface area contributed by atoms with Crippen LogP contribution in [0.5, 0.6) is 5.75 Å². The predicted octanol–water partition coefficient (Wildman–Crippen LogP) is 2.22. The third-order valence-corrected chi connectivity index (χ3v) is 3.90. The lowest BCUT2D eigenvalue weighted by Gasteiger charge is -2.12. The van der Waals surface area contributed by atoms with Gasteiger partial charge in [-0.25, -0.2) is 0 Å². The first-order valence-corrected chi connectivity index (χ1v) is 7.47. The molecule has 1 aromatic carbocycles. The van der Waals surface area contributed by atoms with Crippen LogP contribution in [0.4, 0.5) is 0 Å². The molecule has 1 aliphatic rings. The highest BCUT2D eigenvalue weighted by atomic mass is 16.5. The van der Waals surface area contributed by atoms with Gasteiger partial charge >= 0.3 is 0 Å². The van der Waals surface area contributed by atoms with E-state index >= 15 is 0 Å². The van der Waals surface area contributed by atoms with Crippen molar-refractivity contribution >= 4 is 5.91 Å². The molecule has 1 aromatic rings. The summed E-state index contributed by atoms with van der Waals surface area (Å²) in [5.74, 6) is 1.44. The van der Waals surface area contributed by atoms with Crippen molar-refractivity contribution < 1.29 is 9.53 Å². The van der Waals surface area contributed by atoms with Crippen LogP contribution >= 0.6 is 0 Å². The largest absolute Gasteiger partial charge is 0.483 e. The van der Waals surface area contributed by atoms with Gasteiger partial charge in [0.2, 0.25) is 0 Å². The van der Waals surface area contributed by atoms with E-state index in [1.807, 2.05) is 24.3 Å². The second-order valence-corrected chi connectivity index (χ2v) is 5.39. The second-order valence-electron chi connectivity index (χ2n) is 5.39. The molecule has 0 aromatic heterocycles. The van der Waals surface area contributed by atoms with Gasteiger partial charge in [0.25, 0.3) is 5.91 Å². The Hall–Kier alpha value is -1.55. The Morgan fingerprint density at radius 2 is 2.05 bits per heavy atom. The van der Waals surface area contributed by atoms with E-state index in [2.05, 4.69) is 5.32 Å². The average Bonchev–Trinajstić information content (AvgIpc) is 2.98. The molecule has 0 radical (unpaired) electrons. The molecule has 0 unspecified atom stereocenters. The van der Waals surface area contributed by atoms with Gasteiger partial charge in [-0.3, -0.25) is 4.79 Å². The highest BCUT2D eigenvalue weighted by Crippen LogP contribution is 2.26. The van der Waals surface area contributed by atoms with Crippen LogP contribution in [-0.2, 0) is 11.3 Å². The summed E-state index contributed by atoms with van der Waals surface area (Å²) in [6.07, 6.45) is 6.41. The van der Waals surface area contributed by atoms with Crippen molar-refractivity contribution in [3.8, 4) is 5.75 Å². The summed E-state index contributed by atoms with van der Waals surface area (Å²) in [5, 5.41) is 2.92. The van der Waals surface area contributed by atoms with Crippen molar-refractivity contribution in [2.45, 2.75) is 38.6 Å². The summed E-state index contributed by atoms with van der Waals surface area (Å²) < 4.78 is 5.52. The number of carbonyl (C=O) groups excluding carboxylic acids is 1. The molecule has 0 spiro atoms. The molecule has 4 heteroatoms. The molecule has 0 saturated heterocycles. The second kappa shape index (κ2) is 7.90. The Labute approximate surface area is 120 Å². The summed E-state index contributed by atoms with van der Waals surface area (Å²) in [7, 11) is 0. The zero-order valence-electron chi connectivity index (χ0n) is 11.9. The minimum absolute atomic E-state index is 0.0572. The van der Waals surface area contributed by atoms with Gasteiger partial charge in [0, 0.05) is 18.7 Å². The van der Waals surface area contributed by atoms with Crippen molar-refractivity contribution in [3.63, 3.8) is 0 Å². The van der Waals surface area contributed by atoms with Gasteiger partial charge in [-0.2, -0.15) is 0 Å². The van der Waals surface area contributed by atoms with E-state index < -0.39 is 0 Å². The molecule has 1 aliphatic carbocycles. The minimum Gasteiger partial charge on any atom is -0.483 e. The van der Waals surface area contributed by atoms with Crippen LogP contribution in [0.15, 0.2) is 24.3 Å². The molecule has 0 atom stereocenters. The number of hydrogen-bond donors (Lipinski definition) is 2. The number of nitrogens with two attached hydrogens (primary N) is 1. The lowest BCUT2D eigenvalue weighted by molar-refractivity contribution is -0.123. The molecule has 0 bridgehead atoms. The van der Waals surface area contributed by atoms with Gasteiger partial charge in [0.05, 0.1) is 0 Å². The molecule has 2 rings (SSSR count). The molecule has 4 nitrogen and oxygen atoms in total. The highest BCUT2D eigenvalue weighted by molar-refractivity contribution is 5.77.